The average Bonchev–Trinajstić information content (AvgIpc) is 1.84. The van der Waals surface area contributed by atoms with Gasteiger partial charge in [-0.2, -0.15) is 0 Å². The van der Waals surface area contributed by atoms with E-state index in [2.05, 4.69) is 0 Å². The summed E-state index contributed by atoms with van der Waals surface area (Å²) in [5.41, 5.74) is 0. The molecule has 0 aliphatic heterocycles. The molecule has 0 aliphatic carbocycles. The minimum atomic E-state index is -2.27. The molecule has 6 N–H and O–H groups in total. The number of carbonyl (C=O) groups is 2. The molecule has 0 radical (unpaired) electrons. The summed E-state index contributed by atoms with van der Waals surface area (Å²) in [7, 11) is 0. The molecule has 0 bridgehead atoms. The molecule has 0 amide bonds. The zero-order valence-electron chi connectivity index (χ0n) is 9.26. The zero-order valence-corrected chi connectivity index (χ0v) is 7.26. The zero-order chi connectivity index (χ0) is 8.31. The maximum absolute atomic E-state index is 9.77. The van der Waals surface area contributed by atoms with Gasteiger partial charge in [0.25, 0.3) is 0 Å². The SMILES string of the molecule is O.O=C(O)C(O)C(O)C(=O)O.[H-].[H-].[Li+].[Li+]. The fourth-order valence-corrected chi connectivity index (χ4v) is 0.270. The topological polar surface area (TPSA) is 147 Å². The second-order valence-corrected chi connectivity index (χ2v) is 1.57. The van der Waals surface area contributed by atoms with Crippen molar-refractivity contribution in [3.63, 3.8) is 0 Å². The number of aliphatic hydroxyl groups is 2. The summed E-state index contributed by atoms with van der Waals surface area (Å²) < 4.78 is 0. The average molecular weight is 184 g/mol. The van der Waals surface area contributed by atoms with Crippen LogP contribution in [-0.4, -0.2) is 50.0 Å². The number of hydrogen-bond acceptors (Lipinski definition) is 4. The number of carboxylic acid groups (broad SMARTS) is 2. The van der Waals surface area contributed by atoms with Crippen LogP contribution in [0.25, 0.3) is 0 Å². The Morgan fingerprint density at radius 1 is 0.923 bits per heavy atom. The minimum Gasteiger partial charge on any atom is -1.00 e. The van der Waals surface area contributed by atoms with Crippen LogP contribution in [0.5, 0.6) is 0 Å². The van der Waals surface area contributed by atoms with Gasteiger partial charge in [0.2, 0.25) is 0 Å². The van der Waals surface area contributed by atoms with Crippen LogP contribution in [0.2, 0.25) is 0 Å². The molecular formula is C4H10Li2O7. The summed E-state index contributed by atoms with van der Waals surface area (Å²) in [6.45, 7) is 0. The summed E-state index contributed by atoms with van der Waals surface area (Å²) in [4.78, 5) is 19.5. The fraction of sp³-hybridized carbons (Fsp3) is 0.500. The molecule has 0 fully saturated rings. The Labute approximate surface area is 100 Å². The van der Waals surface area contributed by atoms with Gasteiger partial charge < -0.3 is 28.8 Å². The van der Waals surface area contributed by atoms with E-state index >= 15 is 0 Å². The standard InChI is InChI=1S/C4H6O6.2Li.H2O.2H/c5-1(3(7)8)2(6)4(9)10;;;;;/h1-2,5-6H,(H,7,8)(H,9,10);;;1H2;;/q;2*+1;;2*-1. The Hall–Kier alpha value is 0.0148. The minimum absolute atomic E-state index is 0. The Bertz CT molecular complexity index is 151. The van der Waals surface area contributed by atoms with Crippen LogP contribution in [0, 0.1) is 0 Å². The normalized spacial score (nSPS) is 12.2. The van der Waals surface area contributed by atoms with Crippen LogP contribution in [0.15, 0.2) is 0 Å². The molecule has 0 saturated carbocycles. The second kappa shape index (κ2) is 10.1. The molecule has 0 heterocycles. The van der Waals surface area contributed by atoms with Crippen molar-refractivity contribution >= 4 is 11.9 Å². The van der Waals surface area contributed by atoms with E-state index in [1.54, 1.807) is 0 Å². The van der Waals surface area contributed by atoms with E-state index in [-0.39, 0.29) is 46.1 Å². The predicted octanol–water partition coefficient (Wildman–Crippen LogP) is -8.71. The number of hydrogen-bond donors (Lipinski definition) is 4. The molecule has 0 saturated heterocycles. The van der Waals surface area contributed by atoms with E-state index in [1.807, 2.05) is 0 Å². The van der Waals surface area contributed by atoms with E-state index in [0.29, 0.717) is 0 Å². The largest absolute Gasteiger partial charge is 1.00 e. The summed E-state index contributed by atoms with van der Waals surface area (Å²) in [5.74, 6) is -3.54. The van der Waals surface area contributed by atoms with Crippen LogP contribution < -0.4 is 37.7 Å². The molecule has 13 heavy (non-hydrogen) atoms. The van der Waals surface area contributed by atoms with Gasteiger partial charge in [0.05, 0.1) is 0 Å². The summed E-state index contributed by atoms with van der Waals surface area (Å²) >= 11 is 0. The fourth-order valence-electron chi connectivity index (χ4n) is 0.270. The number of rotatable bonds is 3. The first kappa shape index (κ1) is 23.1. The van der Waals surface area contributed by atoms with Crippen LogP contribution in [0.3, 0.4) is 0 Å². The van der Waals surface area contributed by atoms with Gasteiger partial charge in [-0.05, 0) is 0 Å². The number of aliphatic hydroxyl groups excluding tert-OH is 2. The molecule has 2 unspecified atom stereocenters. The van der Waals surface area contributed by atoms with Crippen LogP contribution in [-0.2, 0) is 9.59 Å². The van der Waals surface area contributed by atoms with Gasteiger partial charge in [-0.25, -0.2) is 9.59 Å². The summed E-state index contributed by atoms with van der Waals surface area (Å²) in [6.07, 6.45) is -4.53. The molecule has 0 aromatic rings. The van der Waals surface area contributed by atoms with E-state index in [4.69, 9.17) is 20.4 Å². The van der Waals surface area contributed by atoms with Gasteiger partial charge in [-0.1, -0.05) is 0 Å². The van der Waals surface area contributed by atoms with Crippen molar-refractivity contribution in [2.75, 3.05) is 0 Å². The van der Waals surface area contributed by atoms with E-state index < -0.39 is 24.1 Å². The first-order chi connectivity index (χ1) is 4.46. The van der Waals surface area contributed by atoms with Gasteiger partial charge in [0.15, 0.2) is 12.2 Å². The molecular weight excluding hydrogens is 174 g/mol. The third-order valence-corrected chi connectivity index (χ3v) is 0.805. The van der Waals surface area contributed by atoms with Gasteiger partial charge in [0.1, 0.15) is 0 Å². The predicted molar refractivity (Wildman–Crippen MR) is 33.1 cm³/mol. The van der Waals surface area contributed by atoms with Crippen molar-refractivity contribution in [3.05, 3.63) is 0 Å². The smallest absolute Gasteiger partial charge is 1.00 e. The van der Waals surface area contributed by atoms with Crippen LogP contribution in [0.4, 0.5) is 0 Å². The van der Waals surface area contributed by atoms with Crippen LogP contribution in [0.1, 0.15) is 2.85 Å². The van der Waals surface area contributed by atoms with Crippen molar-refractivity contribution in [2.45, 2.75) is 12.2 Å². The van der Waals surface area contributed by atoms with Crippen molar-refractivity contribution in [2.24, 2.45) is 0 Å². The number of carboxylic acids is 2. The number of aliphatic carboxylic acids is 2. The third-order valence-electron chi connectivity index (χ3n) is 0.805. The molecule has 0 aromatic heterocycles. The van der Waals surface area contributed by atoms with E-state index in [1.165, 1.54) is 0 Å². The Balaban J connectivity index is -0.0000000405. The maximum atomic E-state index is 9.77. The molecule has 70 valence electrons. The third kappa shape index (κ3) is 8.35. The summed E-state index contributed by atoms with van der Waals surface area (Å²) in [5, 5.41) is 32.5. The Morgan fingerprint density at radius 2 is 1.08 bits per heavy atom. The Kier molecular flexibility index (Phi) is 18.0. The van der Waals surface area contributed by atoms with Gasteiger partial charge in [-0.15, -0.1) is 0 Å². The second-order valence-electron chi connectivity index (χ2n) is 1.57. The van der Waals surface area contributed by atoms with Crippen LogP contribution >= 0.6 is 0 Å². The molecule has 9 heteroatoms. The van der Waals surface area contributed by atoms with Crippen molar-refractivity contribution in [1.82, 2.24) is 0 Å². The van der Waals surface area contributed by atoms with E-state index in [9.17, 15) is 9.59 Å². The van der Waals surface area contributed by atoms with Gasteiger partial charge >= 0.3 is 49.7 Å². The van der Waals surface area contributed by atoms with Crippen molar-refractivity contribution < 1.29 is 76.1 Å². The first-order valence-corrected chi connectivity index (χ1v) is 2.28. The molecule has 0 spiro atoms. The monoisotopic (exact) mass is 184 g/mol. The molecule has 0 aliphatic rings. The molecule has 2 atom stereocenters. The summed E-state index contributed by atoms with van der Waals surface area (Å²) in [6, 6.07) is 0. The maximum Gasteiger partial charge on any atom is 1.00 e. The molecule has 0 aromatic carbocycles. The first-order valence-electron chi connectivity index (χ1n) is 2.28. The van der Waals surface area contributed by atoms with Gasteiger partial charge in [0, 0.05) is 0 Å². The van der Waals surface area contributed by atoms with Crippen molar-refractivity contribution in [3.8, 4) is 0 Å². The molecule has 7 nitrogen and oxygen atoms in total. The van der Waals surface area contributed by atoms with Gasteiger partial charge in [-0.3, -0.25) is 0 Å². The van der Waals surface area contributed by atoms with Crippen molar-refractivity contribution in [1.29, 1.82) is 0 Å². The quantitative estimate of drug-likeness (QED) is 0.320. The Morgan fingerprint density at radius 3 is 1.15 bits per heavy atom. The molecule has 0 rings (SSSR count). The van der Waals surface area contributed by atoms with E-state index in [0.717, 1.165) is 0 Å².